The third-order valence-electron chi connectivity index (χ3n) is 3.30. The highest BCUT2D eigenvalue weighted by Gasteiger charge is 2.21. The number of aliphatic hydroxyl groups is 1. The summed E-state index contributed by atoms with van der Waals surface area (Å²) in [6, 6.07) is 0.0840. The van der Waals surface area contributed by atoms with E-state index in [1.54, 1.807) is 6.92 Å². The van der Waals surface area contributed by atoms with E-state index in [0.717, 1.165) is 19.5 Å². The number of hydrogen-bond acceptors (Lipinski definition) is 3. The number of likely N-dealkylation sites (tertiary alicyclic amines) is 1. The van der Waals surface area contributed by atoms with E-state index in [2.05, 4.69) is 22.5 Å². The molecule has 2 amide bonds. The fourth-order valence-corrected chi connectivity index (χ4v) is 2.24. The molecule has 17 heavy (non-hydrogen) atoms. The topological polar surface area (TPSA) is 64.6 Å². The Kier molecular flexibility index (Phi) is 6.29. The van der Waals surface area contributed by atoms with Crippen LogP contribution in [-0.2, 0) is 0 Å². The minimum atomic E-state index is -0.191. The summed E-state index contributed by atoms with van der Waals surface area (Å²) in [4.78, 5) is 13.9. The molecule has 100 valence electrons. The highest BCUT2D eigenvalue weighted by molar-refractivity contribution is 5.74. The van der Waals surface area contributed by atoms with Gasteiger partial charge in [-0.15, -0.1) is 0 Å². The molecule has 1 heterocycles. The van der Waals surface area contributed by atoms with Crippen molar-refractivity contribution in [2.24, 2.45) is 0 Å². The Balaban J connectivity index is 2.26. The molecule has 0 bridgehead atoms. The number of urea groups is 1. The molecule has 0 spiro atoms. The zero-order valence-corrected chi connectivity index (χ0v) is 10.9. The fourth-order valence-electron chi connectivity index (χ4n) is 2.24. The van der Waals surface area contributed by atoms with Crippen LogP contribution < -0.4 is 10.6 Å². The van der Waals surface area contributed by atoms with Crippen LogP contribution in [0.4, 0.5) is 4.79 Å². The van der Waals surface area contributed by atoms with Gasteiger partial charge in [0.15, 0.2) is 0 Å². The van der Waals surface area contributed by atoms with E-state index in [4.69, 9.17) is 5.11 Å². The third kappa shape index (κ3) is 4.91. The predicted octanol–water partition coefficient (Wildman–Crippen LogP) is 0.541. The Morgan fingerprint density at radius 3 is 2.94 bits per heavy atom. The zero-order valence-electron chi connectivity index (χ0n) is 10.9. The minimum absolute atomic E-state index is 0.0298. The average molecular weight is 243 g/mol. The number of amides is 2. The summed E-state index contributed by atoms with van der Waals surface area (Å²) in [5, 5.41) is 14.4. The number of hydrogen-bond donors (Lipinski definition) is 3. The molecule has 1 rings (SSSR count). The van der Waals surface area contributed by atoms with Crippen molar-refractivity contribution in [3.8, 4) is 0 Å². The number of nitrogens with zero attached hydrogens (tertiary/aromatic N) is 1. The maximum absolute atomic E-state index is 11.5. The molecule has 0 aliphatic carbocycles. The van der Waals surface area contributed by atoms with Gasteiger partial charge < -0.3 is 15.7 Å². The SMILES string of the molecule is CCN1CCCCC1CNC(=O)NC(C)CO. The maximum atomic E-state index is 11.5. The summed E-state index contributed by atoms with van der Waals surface area (Å²) < 4.78 is 0. The molecular weight excluding hydrogens is 218 g/mol. The maximum Gasteiger partial charge on any atom is 0.315 e. The molecule has 1 saturated heterocycles. The summed E-state index contributed by atoms with van der Waals surface area (Å²) in [7, 11) is 0. The molecule has 3 N–H and O–H groups in total. The lowest BCUT2D eigenvalue weighted by atomic mass is 10.0. The van der Waals surface area contributed by atoms with Crippen LogP contribution in [0.25, 0.3) is 0 Å². The lowest BCUT2D eigenvalue weighted by Gasteiger charge is -2.34. The molecule has 5 nitrogen and oxygen atoms in total. The van der Waals surface area contributed by atoms with Gasteiger partial charge in [0.05, 0.1) is 12.6 Å². The molecule has 0 aromatic carbocycles. The van der Waals surface area contributed by atoms with Gasteiger partial charge in [0, 0.05) is 12.6 Å². The van der Waals surface area contributed by atoms with Crippen molar-refractivity contribution in [3.63, 3.8) is 0 Å². The van der Waals surface area contributed by atoms with Crippen molar-refractivity contribution in [1.82, 2.24) is 15.5 Å². The molecular formula is C12H25N3O2. The largest absolute Gasteiger partial charge is 0.394 e. The monoisotopic (exact) mass is 243 g/mol. The number of rotatable bonds is 5. The minimum Gasteiger partial charge on any atom is -0.394 e. The Bertz CT molecular complexity index is 236. The van der Waals surface area contributed by atoms with Gasteiger partial charge in [-0.2, -0.15) is 0 Å². The first-order valence-corrected chi connectivity index (χ1v) is 6.56. The number of piperidine rings is 1. The average Bonchev–Trinajstić information content (AvgIpc) is 2.36. The fraction of sp³-hybridized carbons (Fsp3) is 0.917. The first kappa shape index (κ1) is 14.3. The normalized spacial score (nSPS) is 23.1. The molecule has 1 aliphatic rings. The van der Waals surface area contributed by atoms with E-state index in [1.165, 1.54) is 12.8 Å². The summed E-state index contributed by atoms with van der Waals surface area (Å²) in [6.07, 6.45) is 3.67. The van der Waals surface area contributed by atoms with Gasteiger partial charge in [-0.3, -0.25) is 4.90 Å². The molecule has 0 saturated carbocycles. The standard InChI is InChI=1S/C12H25N3O2/c1-3-15-7-5-4-6-11(15)8-13-12(17)14-10(2)9-16/h10-11,16H,3-9H2,1-2H3,(H2,13,14,17). The van der Waals surface area contributed by atoms with Crippen LogP contribution in [-0.4, -0.2) is 54.4 Å². The first-order chi connectivity index (χ1) is 8.17. The van der Waals surface area contributed by atoms with E-state index in [0.29, 0.717) is 12.6 Å². The highest BCUT2D eigenvalue weighted by Crippen LogP contribution is 2.15. The van der Waals surface area contributed by atoms with Gasteiger partial charge in [-0.05, 0) is 32.9 Å². The van der Waals surface area contributed by atoms with Gasteiger partial charge in [0.2, 0.25) is 0 Å². The summed E-state index contributed by atoms with van der Waals surface area (Å²) in [5.74, 6) is 0. The molecule has 0 radical (unpaired) electrons. The predicted molar refractivity (Wildman–Crippen MR) is 68.0 cm³/mol. The van der Waals surface area contributed by atoms with E-state index < -0.39 is 0 Å². The van der Waals surface area contributed by atoms with Crippen LogP contribution >= 0.6 is 0 Å². The lowest BCUT2D eigenvalue weighted by Crippen LogP contribution is -2.50. The molecule has 2 atom stereocenters. The number of carbonyl (C=O) groups is 1. The van der Waals surface area contributed by atoms with E-state index >= 15 is 0 Å². The Morgan fingerprint density at radius 2 is 2.29 bits per heavy atom. The zero-order chi connectivity index (χ0) is 12.7. The van der Waals surface area contributed by atoms with Gasteiger partial charge in [0.1, 0.15) is 0 Å². The lowest BCUT2D eigenvalue weighted by molar-refractivity contribution is 0.152. The third-order valence-corrected chi connectivity index (χ3v) is 3.30. The Hall–Kier alpha value is -0.810. The van der Waals surface area contributed by atoms with Gasteiger partial charge in [0.25, 0.3) is 0 Å². The highest BCUT2D eigenvalue weighted by atomic mass is 16.3. The van der Waals surface area contributed by atoms with Crippen LogP contribution in [0.1, 0.15) is 33.1 Å². The van der Waals surface area contributed by atoms with Gasteiger partial charge in [-0.25, -0.2) is 4.79 Å². The number of nitrogens with one attached hydrogen (secondary N) is 2. The van der Waals surface area contributed by atoms with E-state index in [9.17, 15) is 4.79 Å². The van der Waals surface area contributed by atoms with Crippen molar-refractivity contribution in [2.75, 3.05) is 26.2 Å². The van der Waals surface area contributed by atoms with Gasteiger partial charge in [-0.1, -0.05) is 13.3 Å². The van der Waals surface area contributed by atoms with Crippen LogP contribution in [0.2, 0.25) is 0 Å². The number of aliphatic hydroxyl groups excluding tert-OH is 1. The summed E-state index contributed by atoms with van der Waals surface area (Å²) in [5.41, 5.74) is 0. The summed E-state index contributed by atoms with van der Waals surface area (Å²) in [6.45, 7) is 6.78. The summed E-state index contributed by atoms with van der Waals surface area (Å²) >= 11 is 0. The molecule has 0 aromatic rings. The van der Waals surface area contributed by atoms with Gasteiger partial charge >= 0.3 is 6.03 Å². The molecule has 5 heteroatoms. The van der Waals surface area contributed by atoms with E-state index in [-0.39, 0.29) is 18.7 Å². The molecule has 1 fully saturated rings. The smallest absolute Gasteiger partial charge is 0.315 e. The van der Waals surface area contributed by atoms with Crippen LogP contribution in [0, 0.1) is 0 Å². The van der Waals surface area contributed by atoms with Crippen LogP contribution in [0.5, 0.6) is 0 Å². The first-order valence-electron chi connectivity index (χ1n) is 6.56. The Morgan fingerprint density at radius 1 is 1.53 bits per heavy atom. The molecule has 2 unspecified atom stereocenters. The van der Waals surface area contributed by atoms with Crippen LogP contribution in [0.3, 0.4) is 0 Å². The second-order valence-corrected chi connectivity index (χ2v) is 4.72. The molecule has 0 aromatic heterocycles. The second kappa shape index (κ2) is 7.50. The molecule has 1 aliphatic heterocycles. The van der Waals surface area contributed by atoms with Crippen molar-refractivity contribution in [2.45, 2.75) is 45.2 Å². The second-order valence-electron chi connectivity index (χ2n) is 4.72. The number of carbonyl (C=O) groups excluding carboxylic acids is 1. The Labute approximate surface area is 104 Å². The number of likely N-dealkylation sites (N-methyl/N-ethyl adjacent to an activating group) is 1. The van der Waals surface area contributed by atoms with Crippen LogP contribution in [0.15, 0.2) is 0 Å². The van der Waals surface area contributed by atoms with Crippen molar-refractivity contribution in [1.29, 1.82) is 0 Å². The van der Waals surface area contributed by atoms with Crippen molar-refractivity contribution >= 4 is 6.03 Å². The van der Waals surface area contributed by atoms with Crippen molar-refractivity contribution < 1.29 is 9.90 Å². The van der Waals surface area contributed by atoms with Crippen molar-refractivity contribution in [3.05, 3.63) is 0 Å². The quantitative estimate of drug-likeness (QED) is 0.660. The van der Waals surface area contributed by atoms with E-state index in [1.807, 2.05) is 0 Å².